The van der Waals surface area contributed by atoms with Crippen LogP contribution in [0.4, 0.5) is 0 Å². The molecule has 104 valence electrons. The number of carbonyl (C=O) groups excluding carboxylic acids is 1. The van der Waals surface area contributed by atoms with Crippen LogP contribution in [-0.4, -0.2) is 28.1 Å². The highest BCUT2D eigenvalue weighted by molar-refractivity contribution is 7.89. The highest BCUT2D eigenvalue weighted by atomic mass is 35.5. The van der Waals surface area contributed by atoms with Crippen LogP contribution >= 0.6 is 11.6 Å². The van der Waals surface area contributed by atoms with E-state index < -0.39 is 16.0 Å². The molecule has 0 amide bonds. The summed E-state index contributed by atoms with van der Waals surface area (Å²) in [6, 6.07) is 3.62. The summed E-state index contributed by atoms with van der Waals surface area (Å²) < 4.78 is 32.2. The molecular weight excluding hydrogens is 294 g/mol. The Morgan fingerprint density at radius 3 is 2.58 bits per heavy atom. The number of hydrogen-bond donors (Lipinski definition) is 1. The number of rotatable bonds is 5. The van der Waals surface area contributed by atoms with E-state index in [4.69, 9.17) is 26.2 Å². The van der Waals surface area contributed by atoms with E-state index in [0.717, 1.165) is 6.07 Å². The average molecular weight is 306 g/mol. The Morgan fingerprint density at radius 1 is 1.47 bits per heavy atom. The lowest BCUT2D eigenvalue weighted by Crippen LogP contribution is -2.14. The topological polar surface area (TPSA) is 95.7 Å². The molecule has 1 aromatic rings. The molecule has 0 heterocycles. The predicted octanol–water partition coefficient (Wildman–Crippen LogP) is 1.25. The van der Waals surface area contributed by atoms with Crippen LogP contribution in [0.3, 0.4) is 0 Å². The van der Waals surface area contributed by atoms with Crippen molar-refractivity contribution in [2.75, 3.05) is 13.7 Å². The smallest absolute Gasteiger partial charge is 0.342 e. The Hall–Kier alpha value is -1.57. The Kier molecular flexibility index (Phi) is 4.93. The van der Waals surface area contributed by atoms with Crippen molar-refractivity contribution >= 4 is 27.6 Å². The molecule has 0 aliphatic carbocycles. The Balaban J connectivity index is 3.16. The molecule has 0 spiro atoms. The van der Waals surface area contributed by atoms with Gasteiger partial charge < -0.3 is 9.47 Å². The third-order valence-corrected chi connectivity index (χ3v) is 3.10. The largest absolute Gasteiger partial charge is 0.496 e. The number of halogens is 1. The zero-order valence-electron chi connectivity index (χ0n) is 10.1. The van der Waals surface area contributed by atoms with Gasteiger partial charge in [-0.05, 0) is 18.2 Å². The first-order valence-electron chi connectivity index (χ1n) is 4.97. The van der Waals surface area contributed by atoms with Crippen LogP contribution in [0.5, 0.6) is 5.75 Å². The van der Waals surface area contributed by atoms with Crippen molar-refractivity contribution in [1.82, 2.24) is 0 Å². The summed E-state index contributed by atoms with van der Waals surface area (Å²) in [7, 11) is -2.59. The summed E-state index contributed by atoms with van der Waals surface area (Å²) in [5.41, 5.74) is -0.0630. The molecule has 0 saturated heterocycles. The van der Waals surface area contributed by atoms with Gasteiger partial charge in [-0.2, -0.15) is 0 Å². The molecule has 0 aliphatic heterocycles. The number of sulfonamides is 1. The second-order valence-electron chi connectivity index (χ2n) is 3.50. The van der Waals surface area contributed by atoms with Gasteiger partial charge in [-0.25, -0.2) is 18.4 Å². The van der Waals surface area contributed by atoms with E-state index in [-0.39, 0.29) is 27.8 Å². The monoisotopic (exact) mass is 305 g/mol. The van der Waals surface area contributed by atoms with Gasteiger partial charge in [-0.15, -0.1) is 0 Å². The van der Waals surface area contributed by atoms with E-state index in [1.807, 2.05) is 0 Å². The highest BCUT2D eigenvalue weighted by Gasteiger charge is 2.18. The van der Waals surface area contributed by atoms with E-state index in [1.165, 1.54) is 19.2 Å². The number of carbonyl (C=O) groups is 1. The van der Waals surface area contributed by atoms with E-state index in [1.54, 1.807) is 0 Å². The first-order chi connectivity index (χ1) is 8.75. The van der Waals surface area contributed by atoms with Crippen molar-refractivity contribution in [1.29, 1.82) is 0 Å². The van der Waals surface area contributed by atoms with Crippen LogP contribution in [0.2, 0.25) is 0 Å². The molecule has 0 aliphatic rings. The van der Waals surface area contributed by atoms with Gasteiger partial charge in [0.25, 0.3) is 0 Å². The van der Waals surface area contributed by atoms with E-state index >= 15 is 0 Å². The van der Waals surface area contributed by atoms with Gasteiger partial charge >= 0.3 is 5.97 Å². The van der Waals surface area contributed by atoms with Gasteiger partial charge in [0.15, 0.2) is 0 Å². The maximum absolute atomic E-state index is 11.8. The van der Waals surface area contributed by atoms with Crippen LogP contribution in [0, 0.1) is 0 Å². The summed E-state index contributed by atoms with van der Waals surface area (Å²) in [6.07, 6.45) is 0. The minimum absolute atomic E-state index is 0.0630. The van der Waals surface area contributed by atoms with Gasteiger partial charge in [0.2, 0.25) is 10.0 Å². The van der Waals surface area contributed by atoms with Crippen LogP contribution in [0.1, 0.15) is 10.4 Å². The SMILES string of the molecule is C=C(Cl)COC(=O)c1cc(S(N)(=O)=O)ccc1OC. The lowest BCUT2D eigenvalue weighted by Gasteiger charge is -2.09. The molecule has 2 N–H and O–H groups in total. The number of ether oxygens (including phenoxy) is 2. The molecule has 19 heavy (non-hydrogen) atoms. The summed E-state index contributed by atoms with van der Waals surface area (Å²) in [6.45, 7) is 3.17. The fraction of sp³-hybridized carbons (Fsp3) is 0.182. The highest BCUT2D eigenvalue weighted by Crippen LogP contribution is 2.23. The zero-order chi connectivity index (χ0) is 14.6. The van der Waals surface area contributed by atoms with Crippen molar-refractivity contribution in [2.45, 2.75) is 4.90 Å². The summed E-state index contributed by atoms with van der Waals surface area (Å²) in [5.74, 6) is -0.623. The van der Waals surface area contributed by atoms with Crippen LogP contribution < -0.4 is 9.88 Å². The molecule has 1 aromatic carbocycles. The van der Waals surface area contributed by atoms with E-state index in [0.29, 0.717) is 0 Å². The third-order valence-electron chi connectivity index (χ3n) is 2.08. The number of nitrogens with two attached hydrogens (primary N) is 1. The standard InChI is InChI=1S/C11H12ClNO5S/c1-7(12)6-18-11(14)9-5-8(19(13,15)16)3-4-10(9)17-2/h3-5H,1,6H2,2H3,(H2,13,15,16). The maximum Gasteiger partial charge on any atom is 0.342 e. The molecule has 0 unspecified atom stereocenters. The minimum atomic E-state index is -3.92. The van der Waals surface area contributed by atoms with Crippen molar-refractivity contribution < 1.29 is 22.7 Å². The van der Waals surface area contributed by atoms with Gasteiger partial charge in [0.05, 0.1) is 12.0 Å². The molecule has 0 saturated carbocycles. The average Bonchev–Trinajstić information content (AvgIpc) is 2.33. The van der Waals surface area contributed by atoms with Crippen molar-refractivity contribution in [2.24, 2.45) is 5.14 Å². The molecule has 0 atom stereocenters. The number of esters is 1. The fourth-order valence-electron chi connectivity index (χ4n) is 1.25. The number of primary sulfonamides is 1. The number of hydrogen-bond acceptors (Lipinski definition) is 5. The Bertz CT molecular complexity index is 612. The van der Waals surface area contributed by atoms with E-state index in [2.05, 4.69) is 6.58 Å². The molecule has 0 aromatic heterocycles. The van der Waals surface area contributed by atoms with Crippen molar-refractivity contribution in [3.8, 4) is 5.75 Å². The van der Waals surface area contributed by atoms with Crippen LogP contribution in [0.25, 0.3) is 0 Å². The number of methoxy groups -OCH3 is 1. The van der Waals surface area contributed by atoms with Gasteiger partial charge in [-0.3, -0.25) is 0 Å². The molecule has 6 nitrogen and oxygen atoms in total. The number of benzene rings is 1. The summed E-state index contributed by atoms with van der Waals surface area (Å²) in [5, 5.41) is 5.12. The van der Waals surface area contributed by atoms with Gasteiger partial charge in [0.1, 0.15) is 17.9 Å². The summed E-state index contributed by atoms with van der Waals surface area (Å²) in [4.78, 5) is 11.6. The minimum Gasteiger partial charge on any atom is -0.496 e. The second kappa shape index (κ2) is 6.05. The lowest BCUT2D eigenvalue weighted by molar-refractivity contribution is 0.0542. The van der Waals surface area contributed by atoms with Crippen molar-refractivity contribution in [3.05, 3.63) is 35.4 Å². The molecule has 1 rings (SSSR count). The van der Waals surface area contributed by atoms with E-state index in [9.17, 15) is 13.2 Å². The third kappa shape index (κ3) is 4.23. The van der Waals surface area contributed by atoms with Crippen molar-refractivity contribution in [3.63, 3.8) is 0 Å². The Labute approximate surface area is 115 Å². The summed E-state index contributed by atoms with van der Waals surface area (Å²) >= 11 is 5.47. The molecule has 0 radical (unpaired) electrons. The first-order valence-corrected chi connectivity index (χ1v) is 6.89. The normalized spacial score (nSPS) is 10.9. The second-order valence-corrected chi connectivity index (χ2v) is 5.60. The first kappa shape index (κ1) is 15.5. The quantitative estimate of drug-likeness (QED) is 0.826. The lowest BCUT2D eigenvalue weighted by atomic mass is 10.2. The van der Waals surface area contributed by atoms with Gasteiger partial charge in [0, 0.05) is 5.03 Å². The molecule has 0 bridgehead atoms. The fourth-order valence-corrected chi connectivity index (χ4v) is 1.84. The van der Waals surface area contributed by atoms with Crippen LogP contribution in [-0.2, 0) is 14.8 Å². The van der Waals surface area contributed by atoms with Gasteiger partial charge in [-0.1, -0.05) is 18.2 Å². The predicted molar refractivity (Wildman–Crippen MR) is 69.6 cm³/mol. The Morgan fingerprint density at radius 2 is 2.11 bits per heavy atom. The van der Waals surface area contributed by atoms with Crippen LogP contribution in [0.15, 0.2) is 34.7 Å². The molecular formula is C11H12ClNO5S. The maximum atomic E-state index is 11.8. The molecule has 0 fully saturated rings. The zero-order valence-corrected chi connectivity index (χ0v) is 11.6. The molecule has 8 heteroatoms.